The van der Waals surface area contributed by atoms with Crippen molar-refractivity contribution in [1.29, 1.82) is 0 Å². The van der Waals surface area contributed by atoms with E-state index < -0.39 is 12.1 Å². The molecule has 0 fully saturated rings. The van der Waals surface area contributed by atoms with Gasteiger partial charge in [0.15, 0.2) is 11.5 Å². The fraction of sp³-hybridized carbons (Fsp3) is 0.481. The number of carbonyl (C=O) groups excluding carboxylic acids is 2. The highest BCUT2D eigenvalue weighted by molar-refractivity contribution is 5.92. The molecule has 5 nitrogen and oxygen atoms in total. The first-order chi connectivity index (χ1) is 15.0. The molecule has 174 valence electrons. The van der Waals surface area contributed by atoms with Crippen molar-refractivity contribution < 1.29 is 19.1 Å². The standard InChI is InChI=1S/C27H37NO4/c1-9-12-20-13-15-21(16-14-20)25(29)31-24-19(5)22(27(6,7)8)17-18(4)23(24)32-26(30)28(10-2)11-3/h13-17H,9-12H2,1-8H3. The summed E-state index contributed by atoms with van der Waals surface area (Å²) in [5, 5.41) is 0. The second kappa shape index (κ2) is 10.7. The van der Waals surface area contributed by atoms with Crippen molar-refractivity contribution in [3.05, 3.63) is 58.1 Å². The Hall–Kier alpha value is -2.82. The molecule has 0 radical (unpaired) electrons. The zero-order valence-electron chi connectivity index (χ0n) is 20.8. The number of carbonyl (C=O) groups is 2. The molecule has 0 atom stereocenters. The van der Waals surface area contributed by atoms with Crippen LogP contribution in [0.1, 0.15) is 80.6 Å². The van der Waals surface area contributed by atoms with Crippen LogP contribution >= 0.6 is 0 Å². The average Bonchev–Trinajstić information content (AvgIpc) is 2.73. The summed E-state index contributed by atoms with van der Waals surface area (Å²) < 4.78 is 11.7. The predicted octanol–water partition coefficient (Wildman–Crippen LogP) is 6.61. The van der Waals surface area contributed by atoms with Crippen LogP contribution < -0.4 is 9.47 Å². The summed E-state index contributed by atoms with van der Waals surface area (Å²) >= 11 is 0. The lowest BCUT2D eigenvalue weighted by Crippen LogP contribution is -2.33. The highest BCUT2D eigenvalue weighted by atomic mass is 16.6. The minimum Gasteiger partial charge on any atom is -0.419 e. The maximum atomic E-state index is 13.0. The summed E-state index contributed by atoms with van der Waals surface area (Å²) in [7, 11) is 0. The van der Waals surface area contributed by atoms with Gasteiger partial charge in [-0.3, -0.25) is 0 Å². The van der Waals surface area contributed by atoms with Crippen molar-refractivity contribution in [3.63, 3.8) is 0 Å². The van der Waals surface area contributed by atoms with E-state index in [1.165, 1.54) is 5.56 Å². The van der Waals surface area contributed by atoms with Gasteiger partial charge in [0, 0.05) is 13.1 Å². The molecule has 0 bridgehead atoms. The van der Waals surface area contributed by atoms with E-state index in [0.29, 0.717) is 30.2 Å². The summed E-state index contributed by atoms with van der Waals surface area (Å²) in [5.41, 5.74) is 4.06. The SMILES string of the molecule is CCCc1ccc(C(=O)Oc2c(C)c(C(C)(C)C)cc(C)c2OC(=O)N(CC)CC)cc1. The van der Waals surface area contributed by atoms with Gasteiger partial charge in [-0.05, 0) is 73.9 Å². The maximum Gasteiger partial charge on any atom is 0.415 e. The third kappa shape index (κ3) is 5.90. The Balaban J connectivity index is 2.50. The Labute approximate surface area is 192 Å². The molecular weight excluding hydrogens is 402 g/mol. The van der Waals surface area contributed by atoms with Crippen LogP contribution in [0.5, 0.6) is 11.5 Å². The van der Waals surface area contributed by atoms with E-state index in [-0.39, 0.29) is 5.41 Å². The third-order valence-corrected chi connectivity index (χ3v) is 5.61. The van der Waals surface area contributed by atoms with Crippen molar-refractivity contribution in [3.8, 4) is 11.5 Å². The fourth-order valence-corrected chi connectivity index (χ4v) is 3.77. The first-order valence-corrected chi connectivity index (χ1v) is 11.5. The molecule has 0 unspecified atom stereocenters. The first-order valence-electron chi connectivity index (χ1n) is 11.5. The minimum atomic E-state index is -0.471. The zero-order chi connectivity index (χ0) is 24.1. The molecule has 2 rings (SSSR count). The summed E-state index contributed by atoms with van der Waals surface area (Å²) in [6.45, 7) is 17.1. The van der Waals surface area contributed by atoms with Gasteiger partial charge in [-0.25, -0.2) is 9.59 Å². The van der Waals surface area contributed by atoms with Crippen LogP contribution in [0.4, 0.5) is 4.79 Å². The van der Waals surface area contributed by atoms with E-state index in [0.717, 1.165) is 29.5 Å². The average molecular weight is 440 g/mol. The number of esters is 1. The van der Waals surface area contributed by atoms with Crippen LogP contribution in [-0.4, -0.2) is 30.1 Å². The van der Waals surface area contributed by atoms with Gasteiger partial charge < -0.3 is 14.4 Å². The van der Waals surface area contributed by atoms with Gasteiger partial charge in [0.1, 0.15) is 0 Å². The summed E-state index contributed by atoms with van der Waals surface area (Å²) in [6.07, 6.45) is 1.55. The van der Waals surface area contributed by atoms with E-state index >= 15 is 0 Å². The first kappa shape index (κ1) is 25.4. The van der Waals surface area contributed by atoms with Crippen LogP contribution in [0.3, 0.4) is 0 Å². The van der Waals surface area contributed by atoms with Gasteiger partial charge in [0.2, 0.25) is 0 Å². The van der Waals surface area contributed by atoms with E-state index in [9.17, 15) is 9.59 Å². The van der Waals surface area contributed by atoms with Crippen molar-refractivity contribution in [1.82, 2.24) is 4.90 Å². The van der Waals surface area contributed by atoms with Crippen LogP contribution in [0.2, 0.25) is 0 Å². The van der Waals surface area contributed by atoms with Crippen LogP contribution in [0.25, 0.3) is 0 Å². The highest BCUT2D eigenvalue weighted by Crippen LogP contribution is 2.41. The van der Waals surface area contributed by atoms with Crippen molar-refractivity contribution in [2.24, 2.45) is 0 Å². The zero-order valence-corrected chi connectivity index (χ0v) is 20.8. The van der Waals surface area contributed by atoms with Crippen LogP contribution in [0.15, 0.2) is 30.3 Å². The monoisotopic (exact) mass is 439 g/mol. The van der Waals surface area contributed by atoms with E-state index in [4.69, 9.17) is 9.47 Å². The number of ether oxygens (including phenoxy) is 2. The lowest BCUT2D eigenvalue weighted by molar-refractivity contribution is 0.0725. The number of hydrogen-bond donors (Lipinski definition) is 0. The molecule has 32 heavy (non-hydrogen) atoms. The largest absolute Gasteiger partial charge is 0.419 e. The number of amides is 1. The molecule has 0 heterocycles. The lowest BCUT2D eigenvalue weighted by Gasteiger charge is -2.26. The van der Waals surface area contributed by atoms with Gasteiger partial charge in [-0.15, -0.1) is 0 Å². The number of nitrogens with zero attached hydrogens (tertiary/aromatic N) is 1. The Bertz CT molecular complexity index is 951. The number of hydrogen-bond acceptors (Lipinski definition) is 4. The van der Waals surface area contributed by atoms with Crippen molar-refractivity contribution >= 4 is 12.1 Å². The van der Waals surface area contributed by atoms with Gasteiger partial charge in [0.05, 0.1) is 5.56 Å². The van der Waals surface area contributed by atoms with Crippen LogP contribution in [0, 0.1) is 13.8 Å². The Morgan fingerprint density at radius 1 is 0.906 bits per heavy atom. The molecule has 0 aromatic heterocycles. The van der Waals surface area contributed by atoms with Gasteiger partial charge in [-0.2, -0.15) is 0 Å². The Morgan fingerprint density at radius 3 is 2.00 bits per heavy atom. The molecule has 2 aromatic rings. The second-order valence-corrected chi connectivity index (χ2v) is 9.15. The molecule has 0 aliphatic rings. The summed E-state index contributed by atoms with van der Waals surface area (Å²) in [5.74, 6) is 0.128. The summed E-state index contributed by atoms with van der Waals surface area (Å²) in [4.78, 5) is 27.3. The quantitative estimate of drug-likeness (QED) is 0.360. The molecule has 0 saturated carbocycles. The normalized spacial score (nSPS) is 11.2. The van der Waals surface area contributed by atoms with Crippen molar-refractivity contribution in [2.45, 2.75) is 73.6 Å². The molecule has 2 aromatic carbocycles. The lowest BCUT2D eigenvalue weighted by atomic mass is 9.82. The molecular formula is C27H37NO4. The topological polar surface area (TPSA) is 55.8 Å². The van der Waals surface area contributed by atoms with E-state index in [1.807, 2.05) is 45.9 Å². The second-order valence-electron chi connectivity index (χ2n) is 9.15. The maximum absolute atomic E-state index is 13.0. The smallest absolute Gasteiger partial charge is 0.415 e. The highest BCUT2D eigenvalue weighted by Gasteiger charge is 2.27. The van der Waals surface area contributed by atoms with Crippen molar-refractivity contribution in [2.75, 3.05) is 13.1 Å². The van der Waals surface area contributed by atoms with Crippen LogP contribution in [-0.2, 0) is 11.8 Å². The predicted molar refractivity (Wildman–Crippen MR) is 129 cm³/mol. The molecule has 0 N–H and O–H groups in total. The molecule has 1 amide bonds. The minimum absolute atomic E-state index is 0.167. The summed E-state index contributed by atoms with van der Waals surface area (Å²) in [6, 6.07) is 9.47. The number of rotatable bonds is 7. The number of aryl methyl sites for hydroxylation is 2. The third-order valence-electron chi connectivity index (χ3n) is 5.61. The molecule has 0 spiro atoms. The Kier molecular flexibility index (Phi) is 8.48. The molecule has 0 aliphatic carbocycles. The van der Waals surface area contributed by atoms with E-state index in [1.54, 1.807) is 17.0 Å². The molecule has 0 saturated heterocycles. The number of benzene rings is 2. The van der Waals surface area contributed by atoms with Gasteiger partial charge >= 0.3 is 12.1 Å². The Morgan fingerprint density at radius 2 is 1.50 bits per heavy atom. The van der Waals surface area contributed by atoms with Gasteiger partial charge in [-0.1, -0.05) is 52.3 Å². The van der Waals surface area contributed by atoms with Gasteiger partial charge in [0.25, 0.3) is 0 Å². The fourth-order valence-electron chi connectivity index (χ4n) is 3.77. The molecule has 0 aliphatic heterocycles. The van der Waals surface area contributed by atoms with E-state index in [2.05, 4.69) is 27.7 Å². The molecule has 5 heteroatoms.